The third-order valence-corrected chi connectivity index (χ3v) is 9.45. The van der Waals surface area contributed by atoms with Gasteiger partial charge in [0.05, 0.1) is 12.2 Å². The van der Waals surface area contributed by atoms with Gasteiger partial charge in [0.25, 0.3) is 0 Å². The monoisotopic (exact) mass is 300 g/mol. The van der Waals surface area contributed by atoms with Crippen molar-refractivity contribution in [3.63, 3.8) is 0 Å². The quantitative estimate of drug-likeness (QED) is 0.505. The summed E-state index contributed by atoms with van der Waals surface area (Å²) in [7, 11) is -1.82. The van der Waals surface area contributed by atoms with Crippen molar-refractivity contribution in [3.05, 3.63) is 12.7 Å². The Kier molecular flexibility index (Phi) is 7.72. The van der Waals surface area contributed by atoms with Crippen molar-refractivity contribution >= 4 is 8.32 Å². The predicted molar refractivity (Wildman–Crippen MR) is 91.5 cm³/mol. The van der Waals surface area contributed by atoms with E-state index in [1.54, 1.807) is 6.08 Å². The summed E-state index contributed by atoms with van der Waals surface area (Å²) in [6.45, 7) is 21.6. The normalized spacial score (nSPS) is 19.2. The molecule has 4 atom stereocenters. The first kappa shape index (κ1) is 19.9. The molecule has 0 aromatic rings. The van der Waals surface area contributed by atoms with Gasteiger partial charge in [0.15, 0.2) is 8.32 Å². The Morgan fingerprint density at radius 2 is 1.75 bits per heavy atom. The molecule has 0 saturated heterocycles. The Morgan fingerprint density at radius 3 is 2.10 bits per heavy atom. The summed E-state index contributed by atoms with van der Waals surface area (Å²) in [5, 5.41) is 10.5. The molecule has 0 bridgehead atoms. The maximum absolute atomic E-state index is 10.3. The van der Waals surface area contributed by atoms with Gasteiger partial charge in [-0.3, -0.25) is 0 Å². The molecule has 0 fully saturated rings. The summed E-state index contributed by atoms with van der Waals surface area (Å²) in [6.07, 6.45) is 3.26. The Bertz CT molecular complexity index is 294. The Labute approximate surface area is 127 Å². The second-order valence-electron chi connectivity index (χ2n) is 7.68. The first-order chi connectivity index (χ1) is 8.97. The zero-order valence-electron chi connectivity index (χ0n) is 14.9. The van der Waals surface area contributed by atoms with Crippen LogP contribution in [0.1, 0.15) is 54.4 Å². The van der Waals surface area contributed by atoms with E-state index < -0.39 is 8.32 Å². The van der Waals surface area contributed by atoms with Crippen LogP contribution in [-0.2, 0) is 4.43 Å². The van der Waals surface area contributed by atoms with Gasteiger partial charge in [0.1, 0.15) is 0 Å². The second-order valence-corrected chi connectivity index (χ2v) is 12.4. The standard InChI is InChI=1S/C17H36O2Si/c1-10-12-15(18)14(4)16(13(3)11-2)19-20(8,9)17(5,6)7/h10,13-16,18H,1,11-12H2,2-9H3/t13-,14-,15+,16+/m0/s1. The Balaban J connectivity index is 5.13. The molecule has 0 heterocycles. The van der Waals surface area contributed by atoms with Gasteiger partial charge < -0.3 is 9.53 Å². The zero-order valence-corrected chi connectivity index (χ0v) is 15.9. The van der Waals surface area contributed by atoms with Crippen LogP contribution in [0, 0.1) is 11.8 Å². The fourth-order valence-corrected chi connectivity index (χ4v) is 3.58. The first-order valence-corrected chi connectivity index (χ1v) is 10.9. The van der Waals surface area contributed by atoms with E-state index in [1.165, 1.54) is 0 Å². The van der Waals surface area contributed by atoms with Gasteiger partial charge in [-0.25, -0.2) is 0 Å². The third kappa shape index (κ3) is 5.34. The van der Waals surface area contributed by atoms with E-state index in [2.05, 4.69) is 61.2 Å². The van der Waals surface area contributed by atoms with Gasteiger partial charge in [0.2, 0.25) is 0 Å². The summed E-state index contributed by atoms with van der Waals surface area (Å²) in [4.78, 5) is 0. The predicted octanol–water partition coefficient (Wildman–Crippen LogP) is 5.00. The van der Waals surface area contributed by atoms with E-state index >= 15 is 0 Å². The lowest BCUT2D eigenvalue weighted by Crippen LogP contribution is -2.49. The van der Waals surface area contributed by atoms with Crippen LogP contribution in [0.3, 0.4) is 0 Å². The molecular weight excluding hydrogens is 264 g/mol. The number of rotatable bonds is 8. The topological polar surface area (TPSA) is 29.5 Å². The van der Waals surface area contributed by atoms with Crippen LogP contribution >= 0.6 is 0 Å². The van der Waals surface area contributed by atoms with Crippen LogP contribution in [0.2, 0.25) is 18.1 Å². The molecular formula is C17H36O2Si. The van der Waals surface area contributed by atoms with E-state index in [0.29, 0.717) is 12.3 Å². The minimum atomic E-state index is -1.82. The smallest absolute Gasteiger partial charge is 0.192 e. The van der Waals surface area contributed by atoms with Crippen LogP contribution in [-0.4, -0.2) is 25.6 Å². The molecule has 0 aliphatic carbocycles. The number of hydrogen-bond donors (Lipinski definition) is 1. The SMILES string of the molecule is C=CC[C@@H](O)[C@H](C)[C@H](O[Si](C)(C)C(C)(C)C)[C@@H](C)CC. The molecule has 3 heteroatoms. The van der Waals surface area contributed by atoms with E-state index in [-0.39, 0.29) is 23.2 Å². The lowest BCUT2D eigenvalue weighted by Gasteiger charge is -2.43. The number of hydrogen-bond acceptors (Lipinski definition) is 2. The fraction of sp³-hybridized carbons (Fsp3) is 0.882. The van der Waals surface area contributed by atoms with Crippen LogP contribution < -0.4 is 0 Å². The van der Waals surface area contributed by atoms with Crippen molar-refractivity contribution in [2.24, 2.45) is 11.8 Å². The van der Waals surface area contributed by atoms with Crippen LogP contribution in [0.25, 0.3) is 0 Å². The fourth-order valence-electron chi connectivity index (χ4n) is 2.10. The lowest BCUT2D eigenvalue weighted by molar-refractivity contribution is 0.00202. The van der Waals surface area contributed by atoms with Gasteiger partial charge in [-0.1, -0.05) is 54.0 Å². The second kappa shape index (κ2) is 7.76. The van der Waals surface area contributed by atoms with Crippen molar-refractivity contribution in [3.8, 4) is 0 Å². The Hall–Kier alpha value is -0.123. The average molecular weight is 301 g/mol. The molecule has 0 aromatic carbocycles. The van der Waals surface area contributed by atoms with Gasteiger partial charge in [-0.05, 0) is 30.5 Å². The van der Waals surface area contributed by atoms with Crippen LogP contribution in [0.4, 0.5) is 0 Å². The highest BCUT2D eigenvalue weighted by Gasteiger charge is 2.42. The summed E-state index contributed by atoms with van der Waals surface area (Å²) in [5.74, 6) is 0.593. The highest BCUT2D eigenvalue weighted by atomic mass is 28.4. The van der Waals surface area contributed by atoms with E-state index in [1.807, 2.05) is 0 Å². The van der Waals surface area contributed by atoms with Gasteiger partial charge in [0, 0.05) is 5.92 Å². The minimum absolute atomic E-state index is 0.121. The average Bonchev–Trinajstić information content (AvgIpc) is 2.33. The van der Waals surface area contributed by atoms with E-state index in [0.717, 1.165) is 6.42 Å². The molecule has 0 aliphatic heterocycles. The van der Waals surface area contributed by atoms with Gasteiger partial charge in [-0.15, -0.1) is 6.58 Å². The summed E-state index contributed by atoms with van der Waals surface area (Å²) >= 11 is 0. The van der Waals surface area contributed by atoms with Crippen molar-refractivity contribution in [2.45, 2.75) is 84.7 Å². The van der Waals surface area contributed by atoms with Crippen molar-refractivity contribution in [2.75, 3.05) is 0 Å². The van der Waals surface area contributed by atoms with E-state index in [4.69, 9.17) is 4.43 Å². The molecule has 0 radical (unpaired) electrons. The maximum atomic E-state index is 10.3. The molecule has 0 saturated carbocycles. The number of aliphatic hydroxyl groups excluding tert-OH is 1. The maximum Gasteiger partial charge on any atom is 0.192 e. The van der Waals surface area contributed by atoms with Crippen molar-refractivity contribution < 1.29 is 9.53 Å². The molecule has 20 heavy (non-hydrogen) atoms. The molecule has 0 rings (SSSR count). The first-order valence-electron chi connectivity index (χ1n) is 7.94. The third-order valence-electron chi connectivity index (χ3n) is 4.97. The van der Waals surface area contributed by atoms with Crippen molar-refractivity contribution in [1.29, 1.82) is 0 Å². The molecule has 0 aliphatic rings. The summed E-state index contributed by atoms with van der Waals surface area (Å²) in [5.41, 5.74) is 0. The molecule has 0 spiro atoms. The zero-order chi connectivity index (χ0) is 16.1. The van der Waals surface area contributed by atoms with Crippen LogP contribution in [0.5, 0.6) is 0 Å². The molecule has 0 amide bonds. The summed E-state index contributed by atoms with van der Waals surface area (Å²) in [6, 6.07) is 0. The molecule has 0 aromatic heterocycles. The summed E-state index contributed by atoms with van der Waals surface area (Å²) < 4.78 is 6.63. The van der Waals surface area contributed by atoms with Crippen molar-refractivity contribution in [1.82, 2.24) is 0 Å². The van der Waals surface area contributed by atoms with Gasteiger partial charge in [-0.2, -0.15) is 0 Å². The molecule has 1 N–H and O–H groups in total. The highest BCUT2D eigenvalue weighted by molar-refractivity contribution is 6.74. The number of aliphatic hydroxyl groups is 1. The van der Waals surface area contributed by atoms with Crippen LogP contribution in [0.15, 0.2) is 12.7 Å². The van der Waals surface area contributed by atoms with E-state index in [9.17, 15) is 5.11 Å². The largest absolute Gasteiger partial charge is 0.413 e. The lowest BCUT2D eigenvalue weighted by atomic mass is 9.87. The molecule has 0 unspecified atom stereocenters. The molecule has 120 valence electrons. The minimum Gasteiger partial charge on any atom is -0.413 e. The highest BCUT2D eigenvalue weighted by Crippen LogP contribution is 2.40. The molecule has 2 nitrogen and oxygen atoms in total. The Morgan fingerprint density at radius 1 is 1.25 bits per heavy atom. The van der Waals surface area contributed by atoms with Gasteiger partial charge >= 0.3 is 0 Å².